The van der Waals surface area contributed by atoms with Crippen LogP contribution in [0.15, 0.2) is 24.3 Å². The lowest BCUT2D eigenvalue weighted by molar-refractivity contribution is -0.129. The number of nitrogens with zero attached hydrogens (tertiary/aromatic N) is 2. The van der Waals surface area contributed by atoms with Gasteiger partial charge in [-0.25, -0.2) is 4.98 Å². The second-order valence-corrected chi connectivity index (χ2v) is 5.16. The zero-order valence-corrected chi connectivity index (χ0v) is 12.5. The standard InChI is InChI=1S/C16H21N3O/c1-5-6-7-16(20)19(4)10-15-17-13-8-11(2)12(3)9-14(13)18-15/h5-6,8-9H,7,10H2,1-4H3,(H,17,18). The lowest BCUT2D eigenvalue weighted by Gasteiger charge is -2.14. The molecule has 0 saturated carbocycles. The summed E-state index contributed by atoms with van der Waals surface area (Å²) in [5.41, 5.74) is 4.45. The second-order valence-electron chi connectivity index (χ2n) is 5.16. The van der Waals surface area contributed by atoms with E-state index in [1.54, 1.807) is 11.9 Å². The van der Waals surface area contributed by atoms with Gasteiger partial charge < -0.3 is 9.88 Å². The molecule has 1 heterocycles. The Morgan fingerprint density at radius 2 is 2.05 bits per heavy atom. The fourth-order valence-electron chi connectivity index (χ4n) is 2.08. The number of aromatic amines is 1. The molecular formula is C16H21N3O. The fraction of sp³-hybridized carbons (Fsp3) is 0.375. The molecule has 4 heteroatoms. The van der Waals surface area contributed by atoms with Crippen LogP contribution in [0.5, 0.6) is 0 Å². The number of allylic oxidation sites excluding steroid dienone is 1. The molecule has 0 aliphatic heterocycles. The summed E-state index contributed by atoms with van der Waals surface area (Å²) in [6.45, 7) is 6.58. The number of rotatable bonds is 4. The quantitative estimate of drug-likeness (QED) is 0.869. The van der Waals surface area contributed by atoms with E-state index in [4.69, 9.17) is 0 Å². The molecule has 106 valence electrons. The smallest absolute Gasteiger partial charge is 0.226 e. The van der Waals surface area contributed by atoms with Crippen molar-refractivity contribution >= 4 is 16.9 Å². The van der Waals surface area contributed by atoms with Crippen molar-refractivity contribution in [1.29, 1.82) is 0 Å². The fourth-order valence-corrected chi connectivity index (χ4v) is 2.08. The van der Waals surface area contributed by atoms with Crippen LogP contribution in [0.1, 0.15) is 30.3 Å². The van der Waals surface area contributed by atoms with E-state index in [9.17, 15) is 4.79 Å². The van der Waals surface area contributed by atoms with Crippen molar-refractivity contribution in [1.82, 2.24) is 14.9 Å². The van der Waals surface area contributed by atoms with Gasteiger partial charge >= 0.3 is 0 Å². The topological polar surface area (TPSA) is 49.0 Å². The molecule has 2 aromatic rings. The van der Waals surface area contributed by atoms with Crippen LogP contribution >= 0.6 is 0 Å². The first-order valence-corrected chi connectivity index (χ1v) is 6.82. The minimum absolute atomic E-state index is 0.0934. The summed E-state index contributed by atoms with van der Waals surface area (Å²) < 4.78 is 0. The van der Waals surface area contributed by atoms with Crippen molar-refractivity contribution in [3.63, 3.8) is 0 Å². The minimum atomic E-state index is 0.0934. The summed E-state index contributed by atoms with van der Waals surface area (Å²) in [6, 6.07) is 4.18. The molecule has 1 amide bonds. The van der Waals surface area contributed by atoms with Crippen LogP contribution in [0.2, 0.25) is 0 Å². The zero-order chi connectivity index (χ0) is 14.7. The molecule has 4 nitrogen and oxygen atoms in total. The van der Waals surface area contributed by atoms with Crippen LogP contribution < -0.4 is 0 Å². The highest BCUT2D eigenvalue weighted by Crippen LogP contribution is 2.17. The average Bonchev–Trinajstić information content (AvgIpc) is 2.77. The van der Waals surface area contributed by atoms with Crippen molar-refractivity contribution in [2.24, 2.45) is 0 Å². The third kappa shape index (κ3) is 3.07. The van der Waals surface area contributed by atoms with E-state index in [2.05, 4.69) is 35.9 Å². The number of benzene rings is 1. The summed E-state index contributed by atoms with van der Waals surface area (Å²) in [4.78, 5) is 21.4. The first-order valence-electron chi connectivity index (χ1n) is 6.82. The molecule has 1 aromatic heterocycles. The maximum absolute atomic E-state index is 11.9. The largest absolute Gasteiger partial charge is 0.340 e. The van der Waals surface area contributed by atoms with E-state index in [0.717, 1.165) is 16.9 Å². The Bertz CT molecular complexity index is 616. The van der Waals surface area contributed by atoms with E-state index >= 15 is 0 Å². The molecule has 0 aliphatic rings. The predicted molar refractivity (Wildman–Crippen MR) is 81.5 cm³/mol. The highest BCUT2D eigenvalue weighted by molar-refractivity contribution is 5.78. The highest BCUT2D eigenvalue weighted by Gasteiger charge is 2.11. The summed E-state index contributed by atoms with van der Waals surface area (Å²) in [5, 5.41) is 0. The molecule has 20 heavy (non-hydrogen) atoms. The van der Waals surface area contributed by atoms with Crippen molar-refractivity contribution in [2.45, 2.75) is 33.7 Å². The zero-order valence-electron chi connectivity index (χ0n) is 12.5. The monoisotopic (exact) mass is 271 g/mol. The molecule has 1 aromatic carbocycles. The second kappa shape index (κ2) is 5.90. The Kier molecular flexibility index (Phi) is 4.23. The lowest BCUT2D eigenvalue weighted by atomic mass is 10.1. The van der Waals surface area contributed by atoms with E-state index in [-0.39, 0.29) is 5.91 Å². The molecule has 1 N–H and O–H groups in total. The van der Waals surface area contributed by atoms with Crippen LogP contribution in [0.3, 0.4) is 0 Å². The number of imidazole rings is 1. The molecule has 2 rings (SSSR count). The van der Waals surface area contributed by atoms with Gasteiger partial charge in [0.15, 0.2) is 0 Å². The summed E-state index contributed by atoms with van der Waals surface area (Å²) in [6.07, 6.45) is 4.19. The number of nitrogens with one attached hydrogen (secondary N) is 1. The van der Waals surface area contributed by atoms with Crippen LogP contribution in [0.25, 0.3) is 11.0 Å². The third-order valence-electron chi connectivity index (χ3n) is 3.49. The highest BCUT2D eigenvalue weighted by atomic mass is 16.2. The number of aromatic nitrogens is 2. The van der Waals surface area contributed by atoms with Crippen LogP contribution in [0, 0.1) is 13.8 Å². The van der Waals surface area contributed by atoms with Crippen LogP contribution in [-0.2, 0) is 11.3 Å². The minimum Gasteiger partial charge on any atom is -0.340 e. The summed E-state index contributed by atoms with van der Waals surface area (Å²) in [7, 11) is 1.80. The third-order valence-corrected chi connectivity index (χ3v) is 3.49. The number of carbonyl (C=O) groups excluding carboxylic acids is 1. The van der Waals surface area contributed by atoms with Crippen molar-refractivity contribution in [2.75, 3.05) is 7.05 Å². The Hall–Kier alpha value is -2.10. The van der Waals surface area contributed by atoms with Crippen LogP contribution in [-0.4, -0.2) is 27.8 Å². The molecule has 0 atom stereocenters. The van der Waals surface area contributed by atoms with Crippen molar-refractivity contribution in [3.8, 4) is 0 Å². The maximum Gasteiger partial charge on any atom is 0.226 e. The number of aryl methyl sites for hydroxylation is 2. The molecule has 0 spiro atoms. The molecule has 0 fully saturated rings. The van der Waals surface area contributed by atoms with Gasteiger partial charge in [0.05, 0.1) is 17.6 Å². The Balaban J connectivity index is 2.15. The number of hydrogen-bond acceptors (Lipinski definition) is 2. The molecule has 0 bridgehead atoms. The van der Waals surface area contributed by atoms with Crippen molar-refractivity contribution in [3.05, 3.63) is 41.2 Å². The Morgan fingerprint density at radius 1 is 1.35 bits per heavy atom. The Morgan fingerprint density at radius 3 is 2.75 bits per heavy atom. The van der Waals surface area contributed by atoms with Crippen LogP contribution in [0.4, 0.5) is 0 Å². The van der Waals surface area contributed by atoms with Gasteiger partial charge in [0.1, 0.15) is 5.82 Å². The SMILES string of the molecule is CC=CCC(=O)N(C)Cc1nc2cc(C)c(C)cc2[nH]1. The predicted octanol–water partition coefficient (Wildman–Crippen LogP) is 3.10. The van der Waals surface area contributed by atoms with Gasteiger partial charge in [0.2, 0.25) is 5.91 Å². The first-order chi connectivity index (χ1) is 9.51. The first kappa shape index (κ1) is 14.3. The van der Waals surface area contributed by atoms with Gasteiger partial charge in [-0.1, -0.05) is 12.2 Å². The molecule has 0 aliphatic carbocycles. The number of amides is 1. The van der Waals surface area contributed by atoms with Gasteiger partial charge in [-0.05, 0) is 44.0 Å². The molecule has 0 unspecified atom stereocenters. The lowest BCUT2D eigenvalue weighted by Crippen LogP contribution is -2.25. The molecule has 0 radical (unpaired) electrons. The summed E-state index contributed by atoms with van der Waals surface area (Å²) in [5.74, 6) is 0.914. The average molecular weight is 271 g/mol. The number of H-pyrrole nitrogens is 1. The Labute approximate surface area is 119 Å². The van der Waals surface area contributed by atoms with E-state index in [1.165, 1.54) is 11.1 Å². The summed E-state index contributed by atoms with van der Waals surface area (Å²) >= 11 is 0. The van der Waals surface area contributed by atoms with Gasteiger partial charge in [-0.2, -0.15) is 0 Å². The molecule has 0 saturated heterocycles. The number of carbonyl (C=O) groups is 1. The van der Waals surface area contributed by atoms with Gasteiger partial charge in [0, 0.05) is 13.5 Å². The van der Waals surface area contributed by atoms with E-state index in [0.29, 0.717) is 13.0 Å². The van der Waals surface area contributed by atoms with Gasteiger partial charge in [0.25, 0.3) is 0 Å². The van der Waals surface area contributed by atoms with E-state index in [1.807, 2.05) is 19.1 Å². The number of fused-ring (bicyclic) bond motifs is 1. The van der Waals surface area contributed by atoms with Gasteiger partial charge in [-0.15, -0.1) is 0 Å². The maximum atomic E-state index is 11.9. The van der Waals surface area contributed by atoms with Gasteiger partial charge in [-0.3, -0.25) is 4.79 Å². The normalized spacial score (nSPS) is 11.4. The van der Waals surface area contributed by atoms with E-state index < -0.39 is 0 Å². The van der Waals surface area contributed by atoms with Crippen molar-refractivity contribution < 1.29 is 4.79 Å². The number of hydrogen-bond donors (Lipinski definition) is 1. The molecular weight excluding hydrogens is 250 g/mol.